The average Bonchev–Trinajstić information content (AvgIpc) is 3.26. The molecule has 4 aromatic rings. The van der Waals surface area contributed by atoms with Crippen LogP contribution in [0, 0.1) is 0 Å². The van der Waals surface area contributed by atoms with Gasteiger partial charge in [-0.1, -0.05) is 30.3 Å². The minimum Gasteiger partial charge on any atom is -0.496 e. The molecule has 1 aliphatic heterocycles. The van der Waals surface area contributed by atoms with Gasteiger partial charge in [0.1, 0.15) is 24.3 Å². The fourth-order valence-electron chi connectivity index (χ4n) is 4.45. The van der Waals surface area contributed by atoms with Crippen molar-refractivity contribution >= 4 is 10.9 Å². The van der Waals surface area contributed by atoms with E-state index in [1.807, 2.05) is 36.4 Å². The first-order chi connectivity index (χ1) is 16.5. The van der Waals surface area contributed by atoms with E-state index in [2.05, 4.69) is 15.1 Å². The van der Waals surface area contributed by atoms with Gasteiger partial charge in [0.25, 0.3) is 6.43 Å². The van der Waals surface area contributed by atoms with Crippen LogP contribution in [0.25, 0.3) is 33.4 Å². The number of rotatable bonds is 6. The standard InChI is InChI=1S/C25H24F2N4O3/c1-33-21-12-20-17(11-19(21)25(32)7-9-34-10-8-25)24(29-15-28-20)18-13-31(14-22(26)27)30-23(18)16-5-3-2-4-6-16/h2-6,11-13,15,22,32H,7-10,14H2,1H3. The molecule has 0 saturated carbocycles. The Morgan fingerprint density at radius 3 is 2.59 bits per heavy atom. The van der Waals surface area contributed by atoms with Gasteiger partial charge in [-0.2, -0.15) is 5.10 Å². The van der Waals surface area contributed by atoms with Crippen LogP contribution in [0.1, 0.15) is 18.4 Å². The zero-order chi connectivity index (χ0) is 23.7. The van der Waals surface area contributed by atoms with Crippen LogP contribution < -0.4 is 4.74 Å². The zero-order valence-electron chi connectivity index (χ0n) is 18.6. The average molecular weight is 466 g/mol. The summed E-state index contributed by atoms with van der Waals surface area (Å²) in [6.07, 6.45) is 1.33. The summed E-state index contributed by atoms with van der Waals surface area (Å²) in [5, 5.41) is 16.5. The lowest BCUT2D eigenvalue weighted by Gasteiger charge is -2.33. The van der Waals surface area contributed by atoms with Gasteiger partial charge < -0.3 is 14.6 Å². The first-order valence-electron chi connectivity index (χ1n) is 11.0. The summed E-state index contributed by atoms with van der Waals surface area (Å²) in [5.41, 5.74) is 2.60. The number of aromatic nitrogens is 4. The molecule has 0 amide bonds. The molecule has 34 heavy (non-hydrogen) atoms. The molecule has 0 aliphatic carbocycles. The number of alkyl halides is 2. The minimum atomic E-state index is -2.54. The molecule has 7 nitrogen and oxygen atoms in total. The molecule has 1 fully saturated rings. The van der Waals surface area contributed by atoms with Crippen LogP contribution in [0.3, 0.4) is 0 Å². The van der Waals surface area contributed by atoms with Crippen molar-refractivity contribution in [2.75, 3.05) is 20.3 Å². The van der Waals surface area contributed by atoms with Crippen molar-refractivity contribution < 1.29 is 23.4 Å². The highest BCUT2D eigenvalue weighted by Gasteiger charge is 2.35. The van der Waals surface area contributed by atoms with E-state index < -0.39 is 18.6 Å². The molecule has 2 aromatic heterocycles. The highest BCUT2D eigenvalue weighted by Crippen LogP contribution is 2.42. The van der Waals surface area contributed by atoms with Gasteiger partial charge in [-0.3, -0.25) is 4.68 Å². The smallest absolute Gasteiger partial charge is 0.257 e. The Kier molecular flexibility index (Phi) is 5.97. The zero-order valence-corrected chi connectivity index (χ0v) is 18.6. The Bertz CT molecular complexity index is 1300. The number of methoxy groups -OCH3 is 1. The topological polar surface area (TPSA) is 82.3 Å². The van der Waals surface area contributed by atoms with Gasteiger partial charge in [0.05, 0.1) is 23.9 Å². The Morgan fingerprint density at radius 1 is 1.12 bits per heavy atom. The fourth-order valence-corrected chi connectivity index (χ4v) is 4.45. The third-order valence-corrected chi connectivity index (χ3v) is 6.17. The third kappa shape index (κ3) is 4.12. The molecule has 176 valence electrons. The number of aliphatic hydroxyl groups is 1. The summed E-state index contributed by atoms with van der Waals surface area (Å²) in [5.74, 6) is 0.526. The van der Waals surface area contributed by atoms with Gasteiger partial charge in [0.2, 0.25) is 0 Å². The van der Waals surface area contributed by atoms with Gasteiger partial charge >= 0.3 is 0 Å². The van der Waals surface area contributed by atoms with Crippen LogP contribution >= 0.6 is 0 Å². The molecule has 0 atom stereocenters. The lowest BCUT2D eigenvalue weighted by Crippen LogP contribution is -2.33. The van der Waals surface area contributed by atoms with E-state index in [1.54, 1.807) is 19.4 Å². The highest BCUT2D eigenvalue weighted by atomic mass is 19.3. The molecule has 3 heterocycles. The van der Waals surface area contributed by atoms with Crippen LogP contribution in [-0.4, -0.2) is 51.6 Å². The maximum Gasteiger partial charge on any atom is 0.257 e. The van der Waals surface area contributed by atoms with Crippen molar-refractivity contribution in [1.29, 1.82) is 0 Å². The maximum absolute atomic E-state index is 13.2. The first kappa shape index (κ1) is 22.4. The normalized spacial score (nSPS) is 15.7. The minimum absolute atomic E-state index is 0.430. The quantitative estimate of drug-likeness (QED) is 0.453. The molecule has 0 unspecified atom stereocenters. The third-order valence-electron chi connectivity index (χ3n) is 6.17. The maximum atomic E-state index is 13.2. The molecule has 1 aliphatic rings. The largest absolute Gasteiger partial charge is 0.496 e. The van der Waals surface area contributed by atoms with E-state index >= 15 is 0 Å². The molecule has 1 saturated heterocycles. The first-order valence-corrected chi connectivity index (χ1v) is 11.0. The van der Waals surface area contributed by atoms with E-state index in [0.717, 1.165) is 5.56 Å². The number of halogens is 2. The lowest BCUT2D eigenvalue weighted by molar-refractivity contribution is -0.0688. The molecule has 1 N–H and O–H groups in total. The monoisotopic (exact) mass is 466 g/mol. The van der Waals surface area contributed by atoms with E-state index in [9.17, 15) is 13.9 Å². The predicted molar refractivity (Wildman–Crippen MR) is 123 cm³/mol. The number of benzene rings is 2. The van der Waals surface area contributed by atoms with Crippen LogP contribution in [0.2, 0.25) is 0 Å². The molecule has 0 spiro atoms. The number of fused-ring (bicyclic) bond motifs is 1. The number of hydrogen-bond acceptors (Lipinski definition) is 6. The number of ether oxygens (including phenoxy) is 2. The van der Waals surface area contributed by atoms with Crippen LogP contribution in [0.4, 0.5) is 8.78 Å². The van der Waals surface area contributed by atoms with Crippen LogP contribution in [0.15, 0.2) is 55.0 Å². The SMILES string of the molecule is COc1cc2ncnc(-c3cn(CC(F)F)nc3-c3ccccc3)c2cc1C1(O)CCOCC1. The molecule has 9 heteroatoms. The number of nitrogens with zero attached hydrogens (tertiary/aromatic N) is 4. The molecule has 5 rings (SSSR count). The Morgan fingerprint density at radius 2 is 1.88 bits per heavy atom. The van der Waals surface area contributed by atoms with Crippen molar-refractivity contribution in [2.45, 2.75) is 31.4 Å². The van der Waals surface area contributed by atoms with Crippen LogP contribution in [-0.2, 0) is 16.9 Å². The second kappa shape index (κ2) is 9.08. The lowest BCUT2D eigenvalue weighted by atomic mass is 9.84. The molecule has 0 radical (unpaired) electrons. The Balaban J connectivity index is 1.73. The van der Waals surface area contributed by atoms with Crippen LogP contribution in [0.5, 0.6) is 5.75 Å². The van der Waals surface area contributed by atoms with E-state index in [0.29, 0.717) is 65.2 Å². The van der Waals surface area contributed by atoms with Crippen molar-refractivity contribution in [2.24, 2.45) is 0 Å². The van der Waals surface area contributed by atoms with Gasteiger partial charge in [0, 0.05) is 60.4 Å². The van der Waals surface area contributed by atoms with Gasteiger partial charge in [-0.05, 0) is 6.07 Å². The van der Waals surface area contributed by atoms with Crippen molar-refractivity contribution in [3.63, 3.8) is 0 Å². The fraction of sp³-hybridized carbons (Fsp3) is 0.320. The molecule has 0 bridgehead atoms. The summed E-state index contributed by atoms with van der Waals surface area (Å²) in [6.45, 7) is 0.352. The van der Waals surface area contributed by atoms with Gasteiger partial charge in [-0.25, -0.2) is 18.7 Å². The summed E-state index contributed by atoms with van der Waals surface area (Å²) >= 11 is 0. The Hall–Kier alpha value is -3.43. The molecular weight excluding hydrogens is 442 g/mol. The molecular formula is C25H24F2N4O3. The van der Waals surface area contributed by atoms with E-state index in [4.69, 9.17) is 9.47 Å². The summed E-state index contributed by atoms with van der Waals surface area (Å²) in [7, 11) is 1.55. The van der Waals surface area contributed by atoms with Gasteiger partial charge in [0.15, 0.2) is 0 Å². The Labute approximate surface area is 195 Å². The van der Waals surface area contributed by atoms with Crippen molar-refractivity contribution in [3.05, 3.63) is 60.6 Å². The van der Waals surface area contributed by atoms with E-state index in [-0.39, 0.29) is 0 Å². The predicted octanol–water partition coefficient (Wildman–Crippen LogP) is 4.43. The molecule has 2 aromatic carbocycles. The second-order valence-electron chi connectivity index (χ2n) is 8.31. The summed E-state index contributed by atoms with van der Waals surface area (Å²) < 4.78 is 38.6. The van der Waals surface area contributed by atoms with Crippen molar-refractivity contribution in [1.82, 2.24) is 19.7 Å². The van der Waals surface area contributed by atoms with Crippen molar-refractivity contribution in [3.8, 4) is 28.3 Å². The summed E-state index contributed by atoms with van der Waals surface area (Å²) in [6, 6.07) is 13.0. The van der Waals surface area contributed by atoms with E-state index in [1.165, 1.54) is 11.0 Å². The van der Waals surface area contributed by atoms with Gasteiger partial charge in [-0.15, -0.1) is 0 Å². The second-order valence-corrected chi connectivity index (χ2v) is 8.31. The highest BCUT2D eigenvalue weighted by molar-refractivity contribution is 5.97. The summed E-state index contributed by atoms with van der Waals surface area (Å²) in [4.78, 5) is 8.92. The number of hydrogen-bond donors (Lipinski definition) is 1.